The Balaban J connectivity index is 3.33. The van der Waals surface area contributed by atoms with E-state index in [1.807, 2.05) is 0 Å². The van der Waals surface area contributed by atoms with Crippen LogP contribution in [-0.4, -0.2) is 24.1 Å². The van der Waals surface area contributed by atoms with E-state index in [-0.39, 0.29) is 11.0 Å². The van der Waals surface area contributed by atoms with E-state index in [0.717, 1.165) is 0 Å². The van der Waals surface area contributed by atoms with Crippen LogP contribution < -0.4 is 4.90 Å². The minimum atomic E-state index is -5.18. The van der Waals surface area contributed by atoms with Crippen LogP contribution >= 0.6 is 0 Å². The minimum Gasteiger partial charge on any atom is -0.364 e. The van der Waals surface area contributed by atoms with Gasteiger partial charge < -0.3 is 10.0 Å². The van der Waals surface area contributed by atoms with Gasteiger partial charge in [-0.15, -0.1) is 0 Å². The standard InChI is InChI=1S/C11H10F7NO/c1-9(20,11(16,17)18)19(2)8-5-6(10(13,14)15)3-4-7(8)12/h3-5,20H,1-2H3. The molecule has 1 atom stereocenters. The van der Waals surface area contributed by atoms with E-state index in [4.69, 9.17) is 0 Å². The molecular weight excluding hydrogens is 295 g/mol. The van der Waals surface area contributed by atoms with Gasteiger partial charge in [0.2, 0.25) is 5.72 Å². The van der Waals surface area contributed by atoms with E-state index in [1.165, 1.54) is 0 Å². The van der Waals surface area contributed by atoms with Crippen LogP contribution in [0, 0.1) is 5.82 Å². The highest BCUT2D eigenvalue weighted by molar-refractivity contribution is 5.52. The first-order chi connectivity index (χ1) is 8.78. The number of nitrogens with zero attached hydrogens (tertiary/aromatic N) is 1. The van der Waals surface area contributed by atoms with Crippen molar-refractivity contribution >= 4 is 5.69 Å². The lowest BCUT2D eigenvalue weighted by Gasteiger charge is -2.37. The highest BCUT2D eigenvalue weighted by Crippen LogP contribution is 2.38. The second kappa shape index (κ2) is 4.80. The molecule has 20 heavy (non-hydrogen) atoms. The molecule has 0 heterocycles. The van der Waals surface area contributed by atoms with Gasteiger partial charge in [-0.2, -0.15) is 26.3 Å². The minimum absolute atomic E-state index is 0.00241. The first-order valence-corrected chi connectivity index (χ1v) is 5.18. The lowest BCUT2D eigenvalue weighted by Crippen LogP contribution is -2.55. The predicted molar refractivity (Wildman–Crippen MR) is 56.5 cm³/mol. The number of alkyl halides is 6. The molecule has 0 bridgehead atoms. The number of aliphatic hydroxyl groups is 1. The second-order valence-corrected chi connectivity index (χ2v) is 4.24. The third-order valence-corrected chi connectivity index (χ3v) is 2.82. The van der Waals surface area contributed by atoms with Crippen LogP contribution in [-0.2, 0) is 6.18 Å². The van der Waals surface area contributed by atoms with Crippen molar-refractivity contribution in [3.63, 3.8) is 0 Å². The van der Waals surface area contributed by atoms with Gasteiger partial charge in [0.25, 0.3) is 0 Å². The SMILES string of the molecule is CN(c1cc(C(F)(F)F)ccc1F)C(C)(O)C(F)(F)F. The van der Waals surface area contributed by atoms with Gasteiger partial charge in [0.1, 0.15) is 5.82 Å². The Morgan fingerprint density at radius 3 is 1.95 bits per heavy atom. The lowest BCUT2D eigenvalue weighted by atomic mass is 10.1. The highest BCUT2D eigenvalue weighted by Gasteiger charge is 2.53. The Morgan fingerprint density at radius 1 is 1.05 bits per heavy atom. The van der Waals surface area contributed by atoms with E-state index in [0.29, 0.717) is 26.1 Å². The zero-order valence-corrected chi connectivity index (χ0v) is 10.3. The van der Waals surface area contributed by atoms with Crippen LogP contribution in [0.4, 0.5) is 36.4 Å². The van der Waals surface area contributed by atoms with E-state index >= 15 is 0 Å². The monoisotopic (exact) mass is 305 g/mol. The second-order valence-electron chi connectivity index (χ2n) is 4.24. The normalized spacial score (nSPS) is 15.9. The highest BCUT2D eigenvalue weighted by atomic mass is 19.4. The van der Waals surface area contributed by atoms with Crippen LogP contribution in [0.25, 0.3) is 0 Å². The first-order valence-electron chi connectivity index (χ1n) is 5.18. The zero-order chi connectivity index (χ0) is 15.9. The van der Waals surface area contributed by atoms with Crippen LogP contribution in [0.2, 0.25) is 0 Å². The van der Waals surface area contributed by atoms with Gasteiger partial charge in [0.15, 0.2) is 0 Å². The Hall–Kier alpha value is -1.51. The average Bonchev–Trinajstić information content (AvgIpc) is 2.25. The van der Waals surface area contributed by atoms with Crippen molar-refractivity contribution in [3.05, 3.63) is 29.6 Å². The lowest BCUT2D eigenvalue weighted by molar-refractivity contribution is -0.251. The van der Waals surface area contributed by atoms with E-state index < -0.39 is 35.1 Å². The number of halogens is 7. The molecule has 0 aliphatic carbocycles. The molecule has 9 heteroatoms. The van der Waals surface area contributed by atoms with Crippen LogP contribution in [0.1, 0.15) is 12.5 Å². The van der Waals surface area contributed by atoms with E-state index in [1.54, 1.807) is 0 Å². The number of benzene rings is 1. The van der Waals surface area contributed by atoms with Gasteiger partial charge in [0.05, 0.1) is 11.3 Å². The maximum absolute atomic E-state index is 13.4. The fourth-order valence-corrected chi connectivity index (χ4v) is 1.37. The fourth-order valence-electron chi connectivity index (χ4n) is 1.37. The molecule has 1 N–H and O–H groups in total. The first kappa shape index (κ1) is 16.5. The molecule has 0 fully saturated rings. The van der Waals surface area contributed by atoms with Gasteiger partial charge in [0, 0.05) is 7.05 Å². The molecule has 0 aliphatic heterocycles. The summed E-state index contributed by atoms with van der Waals surface area (Å²) in [5, 5.41) is 9.34. The van der Waals surface area contributed by atoms with Crippen LogP contribution in [0.3, 0.4) is 0 Å². The summed E-state index contributed by atoms with van der Waals surface area (Å²) in [7, 11) is 0.645. The van der Waals surface area contributed by atoms with Crippen LogP contribution in [0.5, 0.6) is 0 Å². The molecule has 0 saturated carbocycles. The van der Waals surface area contributed by atoms with Crippen molar-refractivity contribution in [1.82, 2.24) is 0 Å². The van der Waals surface area contributed by atoms with Crippen molar-refractivity contribution < 1.29 is 35.8 Å². The van der Waals surface area contributed by atoms with Gasteiger partial charge >= 0.3 is 12.4 Å². The third kappa shape index (κ3) is 2.97. The molecule has 1 aromatic rings. The number of hydrogen-bond donors (Lipinski definition) is 1. The van der Waals surface area contributed by atoms with Gasteiger partial charge in [-0.3, -0.25) is 0 Å². The largest absolute Gasteiger partial charge is 0.436 e. The summed E-state index contributed by atoms with van der Waals surface area (Å²) in [4.78, 5) is -0.00241. The Morgan fingerprint density at radius 2 is 1.55 bits per heavy atom. The smallest absolute Gasteiger partial charge is 0.364 e. The maximum atomic E-state index is 13.4. The average molecular weight is 305 g/mol. The molecule has 2 nitrogen and oxygen atoms in total. The van der Waals surface area contributed by atoms with Crippen molar-refractivity contribution in [1.29, 1.82) is 0 Å². The molecule has 0 spiro atoms. The molecule has 1 aromatic carbocycles. The number of hydrogen-bond acceptors (Lipinski definition) is 2. The van der Waals surface area contributed by atoms with E-state index in [2.05, 4.69) is 0 Å². The molecule has 1 rings (SSSR count). The molecular formula is C11H10F7NO. The summed E-state index contributed by atoms with van der Waals surface area (Å²) in [5.41, 5.74) is -5.85. The maximum Gasteiger partial charge on any atom is 0.436 e. The fraction of sp³-hybridized carbons (Fsp3) is 0.455. The molecule has 0 radical (unpaired) electrons. The summed E-state index contributed by atoms with van der Waals surface area (Å²) in [6.07, 6.45) is -10.0. The van der Waals surface area contributed by atoms with Crippen molar-refractivity contribution in [2.75, 3.05) is 11.9 Å². The zero-order valence-electron chi connectivity index (χ0n) is 10.3. The molecule has 0 amide bonds. The van der Waals surface area contributed by atoms with Gasteiger partial charge in [-0.25, -0.2) is 4.39 Å². The molecule has 0 saturated heterocycles. The summed E-state index contributed by atoms with van der Waals surface area (Å²) < 4.78 is 88.6. The number of anilines is 1. The Labute approximate surface area is 109 Å². The Kier molecular flexibility index (Phi) is 3.97. The number of rotatable bonds is 2. The molecule has 0 aromatic heterocycles. The van der Waals surface area contributed by atoms with E-state index in [9.17, 15) is 35.8 Å². The van der Waals surface area contributed by atoms with Gasteiger partial charge in [-0.1, -0.05) is 0 Å². The molecule has 1 unspecified atom stereocenters. The third-order valence-electron chi connectivity index (χ3n) is 2.82. The summed E-state index contributed by atoms with van der Waals surface area (Å²) in [6.45, 7) is 0.312. The summed E-state index contributed by atoms with van der Waals surface area (Å²) in [6, 6.07) is 0.992. The van der Waals surface area contributed by atoms with Crippen molar-refractivity contribution in [2.24, 2.45) is 0 Å². The predicted octanol–water partition coefficient (Wildman–Crippen LogP) is 3.55. The van der Waals surface area contributed by atoms with Crippen molar-refractivity contribution in [3.8, 4) is 0 Å². The summed E-state index contributed by atoms with van der Waals surface area (Å²) in [5.74, 6) is -1.31. The quantitative estimate of drug-likeness (QED) is 0.667. The molecule has 114 valence electrons. The van der Waals surface area contributed by atoms with Crippen molar-refractivity contribution in [2.45, 2.75) is 25.0 Å². The van der Waals surface area contributed by atoms with Crippen LogP contribution in [0.15, 0.2) is 18.2 Å². The summed E-state index contributed by atoms with van der Waals surface area (Å²) >= 11 is 0. The Bertz CT molecular complexity index is 493. The molecule has 0 aliphatic rings. The topological polar surface area (TPSA) is 23.5 Å². The van der Waals surface area contributed by atoms with Gasteiger partial charge in [-0.05, 0) is 25.1 Å².